The van der Waals surface area contributed by atoms with Gasteiger partial charge in [-0.25, -0.2) is 4.39 Å². The lowest BCUT2D eigenvalue weighted by atomic mass is 9.93. The molecule has 2 saturated heterocycles. The van der Waals surface area contributed by atoms with E-state index in [1.165, 1.54) is 12.1 Å². The molecule has 3 rings (SSSR count). The zero-order valence-corrected chi connectivity index (χ0v) is 13.2. The zero-order chi connectivity index (χ0) is 16.4. The number of likely N-dealkylation sites (tertiary alicyclic amines) is 1. The SMILES string of the molecule is CN1C[C@H]2CN(C(=O)Cc3ccc(F)cc3)CC[C@@H]2OCC1=O. The number of benzene rings is 1. The molecule has 2 fully saturated rings. The highest BCUT2D eigenvalue weighted by atomic mass is 19.1. The van der Waals surface area contributed by atoms with Crippen molar-refractivity contribution in [1.82, 2.24) is 9.80 Å². The summed E-state index contributed by atoms with van der Waals surface area (Å²) in [6, 6.07) is 6.02. The molecule has 23 heavy (non-hydrogen) atoms. The fourth-order valence-electron chi connectivity index (χ4n) is 3.26. The van der Waals surface area contributed by atoms with Gasteiger partial charge in [-0.05, 0) is 24.1 Å². The van der Waals surface area contributed by atoms with Crippen molar-refractivity contribution in [2.45, 2.75) is 18.9 Å². The Kier molecular flexibility index (Phi) is 4.61. The first-order chi connectivity index (χ1) is 11.0. The van der Waals surface area contributed by atoms with Crippen molar-refractivity contribution in [2.75, 3.05) is 33.3 Å². The second-order valence-corrected chi connectivity index (χ2v) is 6.32. The maximum absolute atomic E-state index is 12.9. The molecule has 1 aromatic carbocycles. The lowest BCUT2D eigenvalue weighted by molar-refractivity contribution is -0.137. The van der Waals surface area contributed by atoms with Crippen LogP contribution in [0, 0.1) is 11.7 Å². The Morgan fingerprint density at radius 3 is 2.78 bits per heavy atom. The molecule has 0 saturated carbocycles. The maximum atomic E-state index is 12.9. The van der Waals surface area contributed by atoms with Crippen LogP contribution in [-0.4, -0.2) is 61.0 Å². The summed E-state index contributed by atoms with van der Waals surface area (Å²) < 4.78 is 18.6. The summed E-state index contributed by atoms with van der Waals surface area (Å²) in [5.74, 6) is -0.125. The van der Waals surface area contributed by atoms with Gasteiger partial charge in [0.05, 0.1) is 12.5 Å². The number of fused-ring (bicyclic) bond motifs is 1. The largest absolute Gasteiger partial charge is 0.368 e. The van der Waals surface area contributed by atoms with Crippen molar-refractivity contribution in [2.24, 2.45) is 5.92 Å². The fourth-order valence-corrected chi connectivity index (χ4v) is 3.26. The molecule has 2 atom stereocenters. The molecular formula is C17H21FN2O3. The molecule has 5 nitrogen and oxygen atoms in total. The number of rotatable bonds is 2. The Bertz CT molecular complexity index is 590. The van der Waals surface area contributed by atoms with Crippen molar-refractivity contribution < 1.29 is 18.7 Å². The van der Waals surface area contributed by atoms with E-state index in [2.05, 4.69) is 0 Å². The Hall–Kier alpha value is -1.95. The predicted molar refractivity (Wildman–Crippen MR) is 82.2 cm³/mol. The first-order valence-electron chi connectivity index (χ1n) is 7.90. The lowest BCUT2D eigenvalue weighted by Gasteiger charge is -2.37. The van der Waals surface area contributed by atoms with Crippen LogP contribution in [0.3, 0.4) is 0 Å². The van der Waals surface area contributed by atoms with E-state index < -0.39 is 0 Å². The van der Waals surface area contributed by atoms with Crippen LogP contribution >= 0.6 is 0 Å². The van der Waals surface area contributed by atoms with Gasteiger partial charge in [-0.15, -0.1) is 0 Å². The van der Waals surface area contributed by atoms with E-state index in [1.807, 2.05) is 4.90 Å². The fraction of sp³-hybridized carbons (Fsp3) is 0.529. The van der Waals surface area contributed by atoms with Crippen LogP contribution in [0.5, 0.6) is 0 Å². The Labute approximate surface area is 135 Å². The van der Waals surface area contributed by atoms with Crippen molar-refractivity contribution in [3.63, 3.8) is 0 Å². The van der Waals surface area contributed by atoms with Crippen molar-refractivity contribution in [3.8, 4) is 0 Å². The molecule has 2 amide bonds. The van der Waals surface area contributed by atoms with Gasteiger partial charge < -0.3 is 14.5 Å². The highest BCUT2D eigenvalue weighted by Crippen LogP contribution is 2.24. The monoisotopic (exact) mass is 320 g/mol. The molecule has 2 aliphatic rings. The minimum atomic E-state index is -0.301. The van der Waals surface area contributed by atoms with Gasteiger partial charge >= 0.3 is 0 Å². The number of carbonyl (C=O) groups is 2. The van der Waals surface area contributed by atoms with E-state index >= 15 is 0 Å². The average molecular weight is 320 g/mol. The first-order valence-corrected chi connectivity index (χ1v) is 7.90. The Morgan fingerprint density at radius 1 is 1.30 bits per heavy atom. The number of carbonyl (C=O) groups excluding carboxylic acids is 2. The van der Waals surface area contributed by atoms with E-state index in [0.29, 0.717) is 19.6 Å². The van der Waals surface area contributed by atoms with Crippen LogP contribution in [0.25, 0.3) is 0 Å². The standard InChI is InChI=1S/C17H21FN2O3/c1-19-9-13-10-20(7-6-15(13)23-11-17(19)22)16(21)8-12-2-4-14(18)5-3-12/h2-5,13,15H,6-11H2,1H3/t13-,15-/m0/s1. The summed E-state index contributed by atoms with van der Waals surface area (Å²) >= 11 is 0. The van der Waals surface area contributed by atoms with Crippen molar-refractivity contribution >= 4 is 11.8 Å². The number of ether oxygens (including phenoxy) is 1. The van der Waals surface area contributed by atoms with Crippen LogP contribution in [0.2, 0.25) is 0 Å². The summed E-state index contributed by atoms with van der Waals surface area (Å²) in [4.78, 5) is 27.7. The van der Waals surface area contributed by atoms with Crippen LogP contribution in [0.1, 0.15) is 12.0 Å². The molecule has 0 bridgehead atoms. The first kappa shape index (κ1) is 15.9. The second kappa shape index (κ2) is 6.66. The van der Waals surface area contributed by atoms with Crippen LogP contribution < -0.4 is 0 Å². The summed E-state index contributed by atoms with van der Waals surface area (Å²) in [7, 11) is 1.77. The van der Waals surface area contributed by atoms with Gasteiger partial charge in [-0.1, -0.05) is 12.1 Å². The molecule has 0 unspecified atom stereocenters. The molecule has 0 aliphatic carbocycles. The van der Waals surface area contributed by atoms with E-state index in [0.717, 1.165) is 12.0 Å². The van der Waals surface area contributed by atoms with Crippen molar-refractivity contribution in [1.29, 1.82) is 0 Å². The number of amides is 2. The summed E-state index contributed by atoms with van der Waals surface area (Å²) in [6.45, 7) is 1.98. The topological polar surface area (TPSA) is 49.9 Å². The van der Waals surface area contributed by atoms with Gasteiger partial charge in [0, 0.05) is 32.6 Å². The number of likely N-dealkylation sites (N-methyl/N-ethyl adjacent to an activating group) is 1. The van der Waals surface area contributed by atoms with Gasteiger partial charge in [0.2, 0.25) is 11.8 Å². The highest BCUT2D eigenvalue weighted by molar-refractivity contribution is 5.79. The molecule has 6 heteroatoms. The normalized spacial score (nSPS) is 25.0. The Balaban J connectivity index is 1.62. The zero-order valence-electron chi connectivity index (χ0n) is 13.2. The average Bonchev–Trinajstić information content (AvgIpc) is 2.68. The molecule has 0 radical (unpaired) electrons. The van der Waals surface area contributed by atoms with E-state index in [1.54, 1.807) is 24.1 Å². The molecule has 0 aromatic heterocycles. The summed E-state index contributed by atoms with van der Waals surface area (Å²) in [5, 5.41) is 0. The molecule has 0 spiro atoms. The van der Waals surface area contributed by atoms with Crippen LogP contribution in [-0.2, 0) is 20.7 Å². The maximum Gasteiger partial charge on any atom is 0.248 e. The van der Waals surface area contributed by atoms with Crippen LogP contribution in [0.4, 0.5) is 4.39 Å². The van der Waals surface area contributed by atoms with Crippen molar-refractivity contribution in [3.05, 3.63) is 35.6 Å². The third kappa shape index (κ3) is 3.69. The summed E-state index contributed by atoms with van der Waals surface area (Å²) in [6.07, 6.45) is 1.06. The molecule has 0 N–H and O–H groups in total. The highest BCUT2D eigenvalue weighted by Gasteiger charge is 2.36. The second-order valence-electron chi connectivity index (χ2n) is 6.32. The lowest BCUT2D eigenvalue weighted by Crippen LogP contribution is -2.49. The Morgan fingerprint density at radius 2 is 2.04 bits per heavy atom. The number of halogens is 1. The van der Waals surface area contributed by atoms with Crippen LogP contribution in [0.15, 0.2) is 24.3 Å². The summed E-state index contributed by atoms with van der Waals surface area (Å²) in [5.41, 5.74) is 0.808. The van der Waals surface area contributed by atoms with Gasteiger partial charge in [0.15, 0.2) is 0 Å². The number of hydrogen-bond donors (Lipinski definition) is 0. The van der Waals surface area contributed by atoms with Gasteiger partial charge in [0.25, 0.3) is 0 Å². The smallest absolute Gasteiger partial charge is 0.248 e. The molecule has 2 heterocycles. The van der Waals surface area contributed by atoms with Gasteiger partial charge in [-0.2, -0.15) is 0 Å². The predicted octanol–water partition coefficient (Wildman–Crippen LogP) is 1.07. The third-order valence-electron chi connectivity index (χ3n) is 4.64. The number of piperidine rings is 1. The minimum absolute atomic E-state index is 0.0106. The minimum Gasteiger partial charge on any atom is -0.368 e. The molecule has 124 valence electrons. The van der Waals surface area contributed by atoms with Gasteiger partial charge in [0.1, 0.15) is 12.4 Å². The molecule has 2 aliphatic heterocycles. The van der Waals surface area contributed by atoms with E-state index in [-0.39, 0.29) is 42.7 Å². The quantitative estimate of drug-likeness (QED) is 0.819. The number of hydrogen-bond acceptors (Lipinski definition) is 3. The van der Waals surface area contributed by atoms with E-state index in [4.69, 9.17) is 4.74 Å². The third-order valence-corrected chi connectivity index (χ3v) is 4.64. The molecule has 1 aromatic rings. The molecular weight excluding hydrogens is 299 g/mol. The van der Waals surface area contributed by atoms with E-state index in [9.17, 15) is 14.0 Å². The number of nitrogens with zero attached hydrogens (tertiary/aromatic N) is 2. The van der Waals surface area contributed by atoms with Gasteiger partial charge in [-0.3, -0.25) is 9.59 Å².